The Hall–Kier alpha value is -1.10. The third kappa shape index (κ3) is 3.70. The summed E-state index contributed by atoms with van der Waals surface area (Å²) in [4.78, 5) is 25.4. The van der Waals surface area contributed by atoms with E-state index in [-0.39, 0.29) is 18.5 Å². The zero-order chi connectivity index (χ0) is 13.8. The smallest absolute Gasteiger partial charge is 0.243 e. The average molecular weight is 255 g/mol. The maximum Gasteiger partial charge on any atom is 0.243 e. The summed E-state index contributed by atoms with van der Waals surface area (Å²) in [5.74, 6) is -0.474. The fraction of sp³-hybridized carbons (Fsp3) is 0.846. The van der Waals surface area contributed by atoms with E-state index < -0.39 is 11.4 Å². The minimum Gasteiger partial charge on any atom is -0.368 e. The number of carbonyl (C=O) groups is 2. The van der Waals surface area contributed by atoms with Crippen LogP contribution in [-0.2, 0) is 9.59 Å². The molecule has 1 fully saturated rings. The zero-order valence-corrected chi connectivity index (χ0v) is 11.7. The number of hydrogen-bond donors (Lipinski definition) is 2. The van der Waals surface area contributed by atoms with Crippen LogP contribution in [0.25, 0.3) is 0 Å². The fourth-order valence-corrected chi connectivity index (χ4v) is 2.63. The number of primary amides is 1. The van der Waals surface area contributed by atoms with E-state index in [0.29, 0.717) is 6.54 Å². The van der Waals surface area contributed by atoms with E-state index in [1.165, 1.54) is 0 Å². The lowest BCUT2D eigenvalue weighted by atomic mass is 10.0. The topological polar surface area (TPSA) is 75.4 Å². The molecule has 0 bridgehead atoms. The summed E-state index contributed by atoms with van der Waals surface area (Å²) >= 11 is 0. The first kappa shape index (κ1) is 15.0. The third-order valence-corrected chi connectivity index (χ3v) is 3.51. The Labute approximate surface area is 109 Å². The summed E-state index contributed by atoms with van der Waals surface area (Å²) in [6, 6.07) is 0.169. The van der Waals surface area contributed by atoms with E-state index in [4.69, 9.17) is 5.73 Å². The number of nitrogens with one attached hydrogen (secondary N) is 1. The second-order valence-corrected chi connectivity index (χ2v) is 5.49. The molecule has 18 heavy (non-hydrogen) atoms. The molecule has 2 amide bonds. The number of nitrogens with zero attached hydrogens (tertiary/aromatic N) is 1. The fourth-order valence-electron chi connectivity index (χ4n) is 2.63. The molecular weight excluding hydrogens is 230 g/mol. The highest BCUT2D eigenvalue weighted by Gasteiger charge is 2.36. The van der Waals surface area contributed by atoms with Crippen LogP contribution in [0, 0.1) is 0 Å². The molecule has 0 aromatic heterocycles. The summed E-state index contributed by atoms with van der Waals surface area (Å²) in [7, 11) is 0. The molecule has 5 heteroatoms. The molecular formula is C13H25N3O2. The first-order valence-corrected chi connectivity index (χ1v) is 6.73. The Kier molecular flexibility index (Phi) is 5.14. The Morgan fingerprint density at radius 2 is 1.89 bits per heavy atom. The summed E-state index contributed by atoms with van der Waals surface area (Å²) < 4.78 is 0. The van der Waals surface area contributed by atoms with E-state index >= 15 is 0 Å². The summed E-state index contributed by atoms with van der Waals surface area (Å²) in [6.07, 6.45) is 4.19. The second kappa shape index (κ2) is 6.18. The van der Waals surface area contributed by atoms with Gasteiger partial charge in [-0.1, -0.05) is 19.8 Å². The minimum atomic E-state index is -0.646. The molecule has 1 aliphatic rings. The molecule has 1 rings (SSSR count). The van der Waals surface area contributed by atoms with Crippen molar-refractivity contribution in [3.63, 3.8) is 0 Å². The first-order valence-electron chi connectivity index (χ1n) is 6.73. The summed E-state index contributed by atoms with van der Waals surface area (Å²) in [6.45, 7) is 6.40. The van der Waals surface area contributed by atoms with Gasteiger partial charge in [-0.2, -0.15) is 0 Å². The van der Waals surface area contributed by atoms with E-state index in [0.717, 1.165) is 25.7 Å². The van der Waals surface area contributed by atoms with Crippen molar-refractivity contribution in [1.29, 1.82) is 0 Å². The summed E-state index contributed by atoms with van der Waals surface area (Å²) in [5.41, 5.74) is 4.62. The standard InChI is InChI=1S/C13H25N3O2/c1-4-15-13(2,3)12(18)16(9-11(14)17)10-7-5-6-8-10/h10,15H,4-9H2,1-3H3,(H2,14,17). The quantitative estimate of drug-likeness (QED) is 0.731. The van der Waals surface area contributed by atoms with Crippen molar-refractivity contribution in [3.8, 4) is 0 Å². The van der Waals surface area contributed by atoms with Gasteiger partial charge >= 0.3 is 0 Å². The lowest BCUT2D eigenvalue weighted by Gasteiger charge is -2.35. The molecule has 0 aromatic carbocycles. The predicted octanol–water partition coefficient (Wildman–Crippen LogP) is 0.631. The molecule has 0 unspecified atom stereocenters. The van der Waals surface area contributed by atoms with E-state index in [1.807, 2.05) is 20.8 Å². The number of rotatable bonds is 6. The van der Waals surface area contributed by atoms with Gasteiger partial charge in [0.1, 0.15) is 0 Å². The zero-order valence-electron chi connectivity index (χ0n) is 11.7. The van der Waals surface area contributed by atoms with Crippen LogP contribution in [0.5, 0.6) is 0 Å². The molecule has 1 aliphatic carbocycles. The van der Waals surface area contributed by atoms with E-state index in [1.54, 1.807) is 4.90 Å². The van der Waals surface area contributed by atoms with Gasteiger partial charge in [-0.05, 0) is 33.2 Å². The molecule has 0 aliphatic heterocycles. The molecule has 1 saturated carbocycles. The third-order valence-electron chi connectivity index (χ3n) is 3.51. The number of likely N-dealkylation sites (N-methyl/N-ethyl adjacent to an activating group) is 1. The van der Waals surface area contributed by atoms with Crippen LogP contribution in [0.3, 0.4) is 0 Å². The lowest BCUT2D eigenvalue weighted by Crippen LogP contribution is -2.57. The number of carbonyl (C=O) groups excluding carboxylic acids is 2. The molecule has 0 heterocycles. The van der Waals surface area contributed by atoms with E-state index in [9.17, 15) is 9.59 Å². The van der Waals surface area contributed by atoms with Gasteiger partial charge < -0.3 is 16.0 Å². The molecule has 3 N–H and O–H groups in total. The average Bonchev–Trinajstić information content (AvgIpc) is 2.77. The first-order chi connectivity index (χ1) is 8.38. The molecule has 0 radical (unpaired) electrons. The van der Waals surface area contributed by atoms with Crippen LogP contribution in [0.2, 0.25) is 0 Å². The van der Waals surface area contributed by atoms with Gasteiger partial charge in [-0.25, -0.2) is 0 Å². The molecule has 5 nitrogen and oxygen atoms in total. The van der Waals surface area contributed by atoms with Gasteiger partial charge in [0.05, 0.1) is 12.1 Å². The monoisotopic (exact) mass is 255 g/mol. The highest BCUT2D eigenvalue weighted by atomic mass is 16.2. The number of nitrogens with two attached hydrogens (primary N) is 1. The van der Waals surface area contributed by atoms with Crippen LogP contribution in [0.15, 0.2) is 0 Å². The largest absolute Gasteiger partial charge is 0.368 e. The lowest BCUT2D eigenvalue weighted by molar-refractivity contribution is -0.142. The minimum absolute atomic E-state index is 0.0261. The van der Waals surface area contributed by atoms with Crippen molar-refractivity contribution in [2.24, 2.45) is 5.73 Å². The highest BCUT2D eigenvalue weighted by molar-refractivity contribution is 5.89. The van der Waals surface area contributed by atoms with Crippen LogP contribution in [0.4, 0.5) is 0 Å². The predicted molar refractivity (Wildman–Crippen MR) is 70.9 cm³/mol. The molecule has 0 atom stereocenters. The van der Waals surface area contributed by atoms with Gasteiger partial charge in [0.25, 0.3) is 0 Å². The maximum absolute atomic E-state index is 12.5. The Morgan fingerprint density at radius 1 is 1.33 bits per heavy atom. The van der Waals surface area contributed by atoms with Crippen LogP contribution in [-0.4, -0.2) is 41.4 Å². The Bertz CT molecular complexity index is 309. The SMILES string of the molecule is CCNC(C)(C)C(=O)N(CC(N)=O)C1CCCC1. The van der Waals surface area contributed by atoms with Gasteiger partial charge in [0, 0.05) is 6.04 Å². The molecule has 0 spiro atoms. The molecule has 0 aromatic rings. The van der Waals surface area contributed by atoms with Crippen molar-refractivity contribution in [2.75, 3.05) is 13.1 Å². The maximum atomic E-state index is 12.5. The normalized spacial score (nSPS) is 16.8. The Morgan fingerprint density at radius 3 is 2.33 bits per heavy atom. The van der Waals surface area contributed by atoms with Crippen molar-refractivity contribution in [2.45, 2.75) is 58.0 Å². The number of amides is 2. The van der Waals surface area contributed by atoms with Crippen molar-refractivity contribution in [3.05, 3.63) is 0 Å². The number of hydrogen-bond acceptors (Lipinski definition) is 3. The van der Waals surface area contributed by atoms with Crippen LogP contribution < -0.4 is 11.1 Å². The van der Waals surface area contributed by atoms with Gasteiger partial charge in [-0.15, -0.1) is 0 Å². The van der Waals surface area contributed by atoms with Crippen molar-refractivity contribution < 1.29 is 9.59 Å². The Balaban J connectivity index is 2.81. The molecule has 104 valence electrons. The van der Waals surface area contributed by atoms with E-state index in [2.05, 4.69) is 5.32 Å². The van der Waals surface area contributed by atoms with Crippen LogP contribution in [0.1, 0.15) is 46.5 Å². The van der Waals surface area contributed by atoms with Gasteiger partial charge in [0.15, 0.2) is 0 Å². The van der Waals surface area contributed by atoms with Crippen molar-refractivity contribution in [1.82, 2.24) is 10.2 Å². The van der Waals surface area contributed by atoms with Crippen molar-refractivity contribution >= 4 is 11.8 Å². The van der Waals surface area contributed by atoms with Gasteiger partial charge in [-0.3, -0.25) is 9.59 Å². The molecule has 0 saturated heterocycles. The highest BCUT2D eigenvalue weighted by Crippen LogP contribution is 2.25. The second-order valence-electron chi connectivity index (χ2n) is 5.49. The van der Waals surface area contributed by atoms with Gasteiger partial charge in [0.2, 0.25) is 11.8 Å². The van der Waals surface area contributed by atoms with Crippen LogP contribution >= 0.6 is 0 Å². The summed E-state index contributed by atoms with van der Waals surface area (Å²) in [5, 5.41) is 3.16.